The average Bonchev–Trinajstić information content (AvgIpc) is 3.27. The van der Waals surface area contributed by atoms with E-state index in [2.05, 4.69) is 10.4 Å². The number of carbonyl (C=O) groups excluding carboxylic acids is 1. The number of hydrogen-bond donors (Lipinski definition) is 1. The van der Waals surface area contributed by atoms with E-state index in [9.17, 15) is 13.2 Å². The van der Waals surface area contributed by atoms with Gasteiger partial charge >= 0.3 is 0 Å². The number of amides is 1. The highest BCUT2D eigenvalue weighted by Gasteiger charge is 2.36. The van der Waals surface area contributed by atoms with E-state index in [1.807, 2.05) is 0 Å². The minimum Gasteiger partial charge on any atom is -0.343 e. The highest BCUT2D eigenvalue weighted by atomic mass is 32.2. The van der Waals surface area contributed by atoms with E-state index in [0.717, 1.165) is 25.7 Å². The van der Waals surface area contributed by atoms with Gasteiger partial charge in [-0.3, -0.25) is 9.48 Å². The van der Waals surface area contributed by atoms with Crippen molar-refractivity contribution in [1.29, 1.82) is 0 Å². The highest BCUT2D eigenvalue weighted by molar-refractivity contribution is 7.91. The molecular formula is C17H19N3O3S. The highest BCUT2D eigenvalue weighted by Crippen LogP contribution is 2.34. The molecule has 0 saturated heterocycles. The molecule has 2 heterocycles. The van der Waals surface area contributed by atoms with Gasteiger partial charge in [0.05, 0.1) is 22.7 Å². The summed E-state index contributed by atoms with van der Waals surface area (Å²) >= 11 is 0. The van der Waals surface area contributed by atoms with Gasteiger partial charge in [-0.25, -0.2) is 8.42 Å². The zero-order valence-corrected chi connectivity index (χ0v) is 14.0. The van der Waals surface area contributed by atoms with Crippen LogP contribution in [0.4, 0.5) is 0 Å². The molecule has 1 aliphatic carbocycles. The van der Waals surface area contributed by atoms with Gasteiger partial charge < -0.3 is 5.32 Å². The molecule has 0 radical (unpaired) electrons. The molecule has 1 unspecified atom stereocenters. The topological polar surface area (TPSA) is 81.1 Å². The third kappa shape index (κ3) is 2.53. The van der Waals surface area contributed by atoms with E-state index in [1.165, 1.54) is 0 Å². The Balaban J connectivity index is 1.59. The van der Waals surface area contributed by atoms with Crippen molar-refractivity contribution >= 4 is 15.7 Å². The van der Waals surface area contributed by atoms with Crippen molar-refractivity contribution in [2.75, 3.05) is 5.75 Å². The molecule has 1 aliphatic heterocycles. The Morgan fingerprint density at radius 1 is 1.17 bits per heavy atom. The molecule has 6 nitrogen and oxygen atoms in total. The number of hydrogen-bond acceptors (Lipinski definition) is 4. The predicted molar refractivity (Wildman–Crippen MR) is 88.4 cm³/mol. The van der Waals surface area contributed by atoms with Gasteiger partial charge in [0.15, 0.2) is 9.84 Å². The number of benzene rings is 1. The fourth-order valence-electron chi connectivity index (χ4n) is 3.74. The first-order chi connectivity index (χ1) is 11.6. The van der Waals surface area contributed by atoms with Crippen LogP contribution in [0.25, 0.3) is 0 Å². The van der Waals surface area contributed by atoms with E-state index in [1.54, 1.807) is 41.2 Å². The van der Waals surface area contributed by atoms with Crippen LogP contribution in [-0.4, -0.2) is 29.9 Å². The third-order valence-electron chi connectivity index (χ3n) is 4.89. The van der Waals surface area contributed by atoms with Crippen LogP contribution in [0.1, 0.15) is 53.8 Å². The molecule has 1 N–H and O–H groups in total. The van der Waals surface area contributed by atoms with Gasteiger partial charge in [-0.2, -0.15) is 5.10 Å². The lowest BCUT2D eigenvalue weighted by Crippen LogP contribution is -2.32. The Bertz CT molecular complexity index is 882. The smallest absolute Gasteiger partial charge is 0.270 e. The summed E-state index contributed by atoms with van der Waals surface area (Å²) in [5.41, 5.74) is 1.17. The molecule has 2 aromatic rings. The maximum atomic E-state index is 12.7. The molecule has 7 heteroatoms. The molecule has 1 atom stereocenters. The fourth-order valence-corrected chi connectivity index (χ4v) is 5.47. The van der Waals surface area contributed by atoms with Crippen LogP contribution >= 0.6 is 0 Å². The number of rotatable bonds is 3. The lowest BCUT2D eigenvalue weighted by atomic mass is 10.1. The van der Waals surface area contributed by atoms with Gasteiger partial charge in [0.2, 0.25) is 0 Å². The zero-order valence-electron chi connectivity index (χ0n) is 13.2. The van der Waals surface area contributed by atoms with Crippen molar-refractivity contribution in [3.8, 4) is 0 Å². The number of aromatic nitrogens is 2. The summed E-state index contributed by atoms with van der Waals surface area (Å²) in [6, 6.07) is 8.31. The van der Waals surface area contributed by atoms with E-state index in [0.29, 0.717) is 16.2 Å². The van der Waals surface area contributed by atoms with E-state index >= 15 is 0 Å². The lowest BCUT2D eigenvalue weighted by Gasteiger charge is -2.16. The van der Waals surface area contributed by atoms with Gasteiger partial charge in [0.25, 0.3) is 5.91 Å². The molecule has 0 spiro atoms. The Kier molecular flexibility index (Phi) is 3.68. The second kappa shape index (κ2) is 5.73. The van der Waals surface area contributed by atoms with Gasteiger partial charge in [0.1, 0.15) is 5.69 Å². The van der Waals surface area contributed by atoms with Crippen LogP contribution in [0.15, 0.2) is 41.4 Å². The van der Waals surface area contributed by atoms with Crippen molar-refractivity contribution in [3.63, 3.8) is 0 Å². The molecular weight excluding hydrogens is 326 g/mol. The SMILES string of the molecule is O=C(NC1CS(=O)(=O)c2ccccc21)c1ccnn1C1CCCC1. The molecule has 126 valence electrons. The molecule has 1 saturated carbocycles. The van der Waals surface area contributed by atoms with Crippen molar-refractivity contribution in [3.05, 3.63) is 47.8 Å². The maximum absolute atomic E-state index is 12.7. The van der Waals surface area contributed by atoms with E-state index < -0.39 is 15.9 Å². The summed E-state index contributed by atoms with van der Waals surface area (Å²) in [4.78, 5) is 13.0. The fraction of sp³-hybridized carbons (Fsp3) is 0.412. The summed E-state index contributed by atoms with van der Waals surface area (Å²) < 4.78 is 26.3. The normalized spacial score (nSPS) is 22.4. The minimum absolute atomic E-state index is 0.0876. The van der Waals surface area contributed by atoms with E-state index in [-0.39, 0.29) is 17.7 Å². The summed E-state index contributed by atoms with van der Waals surface area (Å²) in [5, 5.41) is 7.18. The summed E-state index contributed by atoms with van der Waals surface area (Å²) in [6.45, 7) is 0. The minimum atomic E-state index is -3.33. The number of nitrogens with zero attached hydrogens (tertiary/aromatic N) is 2. The van der Waals surface area contributed by atoms with Crippen molar-refractivity contribution in [2.45, 2.75) is 42.7 Å². The second-order valence-electron chi connectivity index (χ2n) is 6.44. The van der Waals surface area contributed by atoms with Crippen LogP contribution < -0.4 is 5.32 Å². The van der Waals surface area contributed by atoms with Gasteiger partial charge in [-0.05, 0) is 30.5 Å². The molecule has 1 aromatic carbocycles. The molecule has 2 aliphatic rings. The number of sulfone groups is 1. The first-order valence-corrected chi connectivity index (χ1v) is 9.87. The zero-order chi connectivity index (χ0) is 16.7. The molecule has 24 heavy (non-hydrogen) atoms. The van der Waals surface area contributed by atoms with Crippen molar-refractivity contribution in [2.24, 2.45) is 0 Å². The summed E-state index contributed by atoms with van der Waals surface area (Å²) in [5.74, 6) is -0.355. The van der Waals surface area contributed by atoms with Crippen molar-refractivity contribution in [1.82, 2.24) is 15.1 Å². The lowest BCUT2D eigenvalue weighted by molar-refractivity contribution is 0.0927. The van der Waals surface area contributed by atoms with Crippen LogP contribution in [-0.2, 0) is 9.84 Å². The first kappa shape index (κ1) is 15.4. The Labute approximate surface area is 140 Å². The number of fused-ring (bicyclic) bond motifs is 1. The molecule has 0 bridgehead atoms. The number of carbonyl (C=O) groups is 1. The van der Waals surface area contributed by atoms with Gasteiger partial charge in [-0.1, -0.05) is 31.0 Å². The second-order valence-corrected chi connectivity index (χ2v) is 8.45. The van der Waals surface area contributed by atoms with Crippen molar-refractivity contribution < 1.29 is 13.2 Å². The summed E-state index contributed by atoms with van der Waals surface area (Å²) in [7, 11) is -3.33. The quantitative estimate of drug-likeness (QED) is 0.925. The maximum Gasteiger partial charge on any atom is 0.270 e. The van der Waals surface area contributed by atoms with Crippen LogP contribution in [0.5, 0.6) is 0 Å². The van der Waals surface area contributed by atoms with Crippen LogP contribution in [0, 0.1) is 0 Å². The monoisotopic (exact) mass is 345 g/mol. The standard InChI is InChI=1S/C17H19N3O3S/c21-17(15-9-10-18-20(15)12-5-1-2-6-12)19-14-11-24(22,23)16-8-4-3-7-13(14)16/h3-4,7-10,12,14H,1-2,5-6,11H2,(H,19,21). The largest absolute Gasteiger partial charge is 0.343 e. The third-order valence-corrected chi connectivity index (χ3v) is 6.71. The van der Waals surface area contributed by atoms with Crippen LogP contribution in [0.3, 0.4) is 0 Å². The van der Waals surface area contributed by atoms with Gasteiger partial charge in [-0.15, -0.1) is 0 Å². The average molecular weight is 345 g/mol. The molecule has 4 rings (SSSR count). The summed E-state index contributed by atoms with van der Waals surface area (Å²) in [6.07, 6.45) is 6.00. The molecule has 1 amide bonds. The first-order valence-electron chi connectivity index (χ1n) is 8.22. The number of nitrogens with one attached hydrogen (secondary N) is 1. The molecule has 1 aromatic heterocycles. The molecule has 1 fully saturated rings. The predicted octanol–water partition coefficient (Wildman–Crippen LogP) is 2.26. The van der Waals surface area contributed by atoms with E-state index in [4.69, 9.17) is 0 Å². The Morgan fingerprint density at radius 3 is 2.71 bits per heavy atom. The van der Waals surface area contributed by atoms with Gasteiger partial charge in [0, 0.05) is 6.20 Å². The van der Waals surface area contributed by atoms with Crippen LogP contribution in [0.2, 0.25) is 0 Å². The Morgan fingerprint density at radius 2 is 1.92 bits per heavy atom. The Hall–Kier alpha value is -2.15.